The third-order valence-corrected chi connectivity index (χ3v) is 5.81. The van der Waals surface area contributed by atoms with Crippen LogP contribution >= 0.6 is 11.3 Å². The molecule has 0 aliphatic carbocycles. The first-order valence-corrected chi connectivity index (χ1v) is 11.5. The Morgan fingerprint density at radius 2 is 1.47 bits per heavy atom. The van der Waals surface area contributed by atoms with Crippen LogP contribution in [0.1, 0.15) is 17.5 Å². The van der Waals surface area contributed by atoms with Crippen LogP contribution in [0.15, 0.2) is 90.3 Å². The van der Waals surface area contributed by atoms with Gasteiger partial charge in [0.05, 0.1) is 5.69 Å². The van der Waals surface area contributed by atoms with Crippen molar-refractivity contribution in [2.75, 3.05) is 17.6 Å². The summed E-state index contributed by atoms with van der Waals surface area (Å²) in [5, 5.41) is 5.48. The maximum absolute atomic E-state index is 12.6. The van der Waals surface area contributed by atoms with Crippen LogP contribution in [0.5, 0.6) is 0 Å². The number of anilines is 2. The van der Waals surface area contributed by atoms with E-state index < -0.39 is 0 Å². The second-order valence-corrected chi connectivity index (χ2v) is 8.52. The number of carbonyl (C=O) groups is 1. The molecule has 3 aromatic carbocycles. The minimum Gasteiger partial charge on any atom is -0.375 e. The molecule has 1 amide bonds. The molecule has 0 saturated heterocycles. The molecule has 32 heavy (non-hydrogen) atoms. The highest BCUT2D eigenvalue weighted by Gasteiger charge is 2.11. The van der Waals surface area contributed by atoms with Crippen molar-refractivity contribution in [3.63, 3.8) is 0 Å². The molecule has 1 heterocycles. The topological polar surface area (TPSA) is 71.2 Å². The number of carbonyl (C=O) groups excluding carboxylic acids is 1. The molecule has 162 valence electrons. The van der Waals surface area contributed by atoms with Gasteiger partial charge in [0.1, 0.15) is 0 Å². The fraction of sp³-hybridized carbons (Fsp3) is 0.154. The quantitative estimate of drug-likeness (QED) is 0.363. The highest BCUT2D eigenvalue weighted by atomic mass is 32.1. The van der Waals surface area contributed by atoms with Crippen molar-refractivity contribution in [2.45, 2.75) is 19.5 Å². The minimum atomic E-state index is 0.00164. The van der Waals surface area contributed by atoms with Crippen LogP contribution in [0.3, 0.4) is 0 Å². The summed E-state index contributed by atoms with van der Waals surface area (Å²) < 4.78 is 0. The fourth-order valence-corrected chi connectivity index (χ4v) is 4.10. The predicted molar refractivity (Wildman–Crippen MR) is 132 cm³/mol. The van der Waals surface area contributed by atoms with Gasteiger partial charge in [0, 0.05) is 42.7 Å². The van der Waals surface area contributed by atoms with Crippen molar-refractivity contribution in [3.05, 3.63) is 101 Å². The Balaban J connectivity index is 1.35. The maximum atomic E-state index is 12.6. The summed E-state index contributed by atoms with van der Waals surface area (Å²) >= 11 is 1.42. The molecule has 0 saturated carbocycles. The van der Waals surface area contributed by atoms with E-state index in [4.69, 9.17) is 5.73 Å². The van der Waals surface area contributed by atoms with Gasteiger partial charge < -0.3 is 11.1 Å². The van der Waals surface area contributed by atoms with Crippen molar-refractivity contribution in [1.29, 1.82) is 0 Å². The minimum absolute atomic E-state index is 0.00164. The number of hydrogen-bond donors (Lipinski definition) is 2. The number of rotatable bonds is 9. The summed E-state index contributed by atoms with van der Waals surface area (Å²) in [7, 11) is 0. The number of nitrogens with two attached hydrogens (primary N) is 1. The van der Waals surface area contributed by atoms with E-state index >= 15 is 0 Å². The van der Waals surface area contributed by atoms with Crippen LogP contribution in [0.4, 0.5) is 10.8 Å². The third kappa shape index (κ3) is 6.26. The van der Waals surface area contributed by atoms with Crippen LogP contribution < -0.4 is 11.1 Å². The normalized spacial score (nSPS) is 10.9. The van der Waals surface area contributed by atoms with Crippen molar-refractivity contribution < 1.29 is 4.79 Å². The van der Waals surface area contributed by atoms with Crippen LogP contribution in [0.25, 0.3) is 11.3 Å². The molecular weight excluding hydrogens is 416 g/mol. The number of benzene rings is 3. The Morgan fingerprint density at radius 3 is 2.00 bits per heavy atom. The molecule has 0 aliphatic rings. The molecule has 3 N–H and O–H groups in total. The van der Waals surface area contributed by atoms with E-state index in [0.29, 0.717) is 18.1 Å². The van der Waals surface area contributed by atoms with E-state index in [-0.39, 0.29) is 5.91 Å². The van der Waals surface area contributed by atoms with Crippen LogP contribution in [-0.4, -0.2) is 22.3 Å². The SMILES string of the molecule is Nc1nc(-c2ccc(NC(=O)CCN(Cc3ccccc3)Cc3ccccc3)cc2)cs1. The number of nitrogens with zero attached hydrogens (tertiary/aromatic N) is 2. The summed E-state index contributed by atoms with van der Waals surface area (Å²) in [5.41, 5.74) is 10.8. The highest BCUT2D eigenvalue weighted by Crippen LogP contribution is 2.24. The number of amides is 1. The lowest BCUT2D eigenvalue weighted by molar-refractivity contribution is -0.116. The third-order valence-electron chi connectivity index (χ3n) is 5.14. The molecular formula is C26H26N4OS. The Kier molecular flexibility index (Phi) is 7.27. The van der Waals surface area contributed by atoms with Crippen LogP contribution in [0.2, 0.25) is 0 Å². The number of aromatic nitrogens is 1. The number of thiazole rings is 1. The van der Waals surface area contributed by atoms with Gasteiger partial charge in [-0.1, -0.05) is 72.8 Å². The monoisotopic (exact) mass is 442 g/mol. The second kappa shape index (κ2) is 10.7. The van der Waals surface area contributed by atoms with Crippen LogP contribution in [0, 0.1) is 0 Å². The Labute approximate surface area is 192 Å². The summed E-state index contributed by atoms with van der Waals surface area (Å²) in [6.07, 6.45) is 0.421. The zero-order valence-corrected chi connectivity index (χ0v) is 18.6. The first kappa shape index (κ1) is 21.7. The number of nitrogens with one attached hydrogen (secondary N) is 1. The van der Waals surface area contributed by atoms with Gasteiger partial charge >= 0.3 is 0 Å². The number of hydrogen-bond acceptors (Lipinski definition) is 5. The van der Waals surface area contributed by atoms with Gasteiger partial charge in [-0.3, -0.25) is 9.69 Å². The molecule has 0 aliphatic heterocycles. The van der Waals surface area contributed by atoms with Gasteiger partial charge in [0.25, 0.3) is 0 Å². The van der Waals surface area contributed by atoms with E-state index in [1.54, 1.807) is 0 Å². The molecule has 6 heteroatoms. The molecule has 4 rings (SSSR count). The smallest absolute Gasteiger partial charge is 0.225 e. The summed E-state index contributed by atoms with van der Waals surface area (Å²) in [5.74, 6) is 0.00164. The summed E-state index contributed by atoms with van der Waals surface area (Å²) in [6, 6.07) is 28.4. The standard InChI is InChI=1S/C26H26N4OS/c27-26-29-24(19-32-26)22-11-13-23(14-12-22)28-25(31)15-16-30(17-20-7-3-1-4-8-20)18-21-9-5-2-6-10-21/h1-14,19H,15-18H2,(H2,27,29)(H,28,31). The van der Waals surface area contributed by atoms with Gasteiger partial charge in [0.2, 0.25) is 5.91 Å². The molecule has 0 spiro atoms. The Morgan fingerprint density at radius 1 is 0.875 bits per heavy atom. The average molecular weight is 443 g/mol. The van der Waals surface area contributed by atoms with Crippen molar-refractivity contribution in [2.24, 2.45) is 0 Å². The van der Waals surface area contributed by atoms with Gasteiger partial charge in [0.15, 0.2) is 5.13 Å². The second-order valence-electron chi connectivity index (χ2n) is 7.63. The van der Waals surface area contributed by atoms with Gasteiger partial charge in [-0.2, -0.15) is 0 Å². The van der Waals surface area contributed by atoms with E-state index in [1.165, 1.54) is 22.5 Å². The molecule has 0 fully saturated rings. The largest absolute Gasteiger partial charge is 0.375 e. The molecule has 0 radical (unpaired) electrons. The Bertz CT molecular complexity index is 1090. The van der Waals surface area contributed by atoms with Gasteiger partial charge in [-0.25, -0.2) is 4.98 Å². The molecule has 1 aromatic heterocycles. The first-order valence-electron chi connectivity index (χ1n) is 10.6. The first-order chi connectivity index (χ1) is 15.7. The number of nitrogen functional groups attached to an aromatic ring is 1. The van der Waals surface area contributed by atoms with Gasteiger partial charge in [-0.05, 0) is 23.3 Å². The lowest BCUT2D eigenvalue weighted by Crippen LogP contribution is -2.27. The summed E-state index contributed by atoms with van der Waals surface area (Å²) in [6.45, 7) is 2.27. The molecule has 5 nitrogen and oxygen atoms in total. The van der Waals surface area contributed by atoms with E-state index in [0.717, 1.165) is 30.0 Å². The lowest BCUT2D eigenvalue weighted by Gasteiger charge is -2.22. The van der Waals surface area contributed by atoms with Crippen molar-refractivity contribution >= 4 is 28.1 Å². The lowest BCUT2D eigenvalue weighted by atomic mass is 10.1. The van der Waals surface area contributed by atoms with Crippen molar-refractivity contribution in [1.82, 2.24) is 9.88 Å². The average Bonchev–Trinajstić information content (AvgIpc) is 3.26. The molecule has 0 unspecified atom stereocenters. The predicted octanol–water partition coefficient (Wildman–Crippen LogP) is 5.42. The van der Waals surface area contributed by atoms with Crippen LogP contribution in [-0.2, 0) is 17.9 Å². The zero-order chi connectivity index (χ0) is 22.2. The van der Waals surface area contributed by atoms with Gasteiger partial charge in [-0.15, -0.1) is 11.3 Å². The molecule has 0 atom stereocenters. The summed E-state index contributed by atoms with van der Waals surface area (Å²) in [4.78, 5) is 19.2. The van der Waals surface area contributed by atoms with E-state index in [9.17, 15) is 4.79 Å². The molecule has 4 aromatic rings. The zero-order valence-electron chi connectivity index (χ0n) is 17.8. The van der Waals surface area contributed by atoms with Crippen molar-refractivity contribution in [3.8, 4) is 11.3 Å². The maximum Gasteiger partial charge on any atom is 0.225 e. The van der Waals surface area contributed by atoms with E-state index in [1.807, 2.05) is 66.0 Å². The molecule has 0 bridgehead atoms. The fourth-order valence-electron chi connectivity index (χ4n) is 3.52. The van der Waals surface area contributed by atoms with E-state index in [2.05, 4.69) is 39.5 Å². The highest BCUT2D eigenvalue weighted by molar-refractivity contribution is 7.13. The Hall–Kier alpha value is -3.48.